The number of hydrogen-bond acceptors (Lipinski definition) is 3. The fourth-order valence-electron chi connectivity index (χ4n) is 2.92. The highest BCUT2D eigenvalue weighted by Gasteiger charge is 2.21. The summed E-state index contributed by atoms with van der Waals surface area (Å²) in [5.41, 5.74) is 1.28. The highest BCUT2D eigenvalue weighted by molar-refractivity contribution is 5.41. The molecule has 2 rings (SSSR count). The molecule has 1 aromatic rings. The first-order valence-corrected chi connectivity index (χ1v) is 8.13. The number of nitrogens with one attached hydrogen (secondary N) is 1. The lowest BCUT2D eigenvalue weighted by atomic mass is 10.00. The second-order valence-electron chi connectivity index (χ2n) is 6.30. The topological polar surface area (TPSA) is 28.2 Å². The summed E-state index contributed by atoms with van der Waals surface area (Å²) in [6.45, 7) is 9.89. The number of anilines is 1. The molecule has 1 aliphatic heterocycles. The van der Waals surface area contributed by atoms with E-state index in [1.807, 2.05) is 6.20 Å². The highest BCUT2D eigenvalue weighted by Crippen LogP contribution is 2.24. The molecule has 20 heavy (non-hydrogen) atoms. The third kappa shape index (κ3) is 4.20. The molecule has 1 atom stereocenters. The summed E-state index contributed by atoms with van der Waals surface area (Å²) >= 11 is 0. The maximum atomic E-state index is 4.68. The van der Waals surface area contributed by atoms with Crippen molar-refractivity contribution in [3.8, 4) is 0 Å². The van der Waals surface area contributed by atoms with Crippen LogP contribution in [0.15, 0.2) is 18.3 Å². The lowest BCUT2D eigenvalue weighted by molar-refractivity contribution is 0.446. The van der Waals surface area contributed by atoms with E-state index in [9.17, 15) is 0 Å². The van der Waals surface area contributed by atoms with E-state index in [2.05, 4.69) is 48.1 Å². The molecule has 0 aromatic carbocycles. The molecule has 0 saturated carbocycles. The second-order valence-corrected chi connectivity index (χ2v) is 6.30. The van der Waals surface area contributed by atoms with Gasteiger partial charge in [0.25, 0.3) is 0 Å². The predicted molar refractivity (Wildman–Crippen MR) is 86.1 cm³/mol. The zero-order valence-electron chi connectivity index (χ0n) is 13.2. The van der Waals surface area contributed by atoms with Crippen LogP contribution in [0.3, 0.4) is 0 Å². The van der Waals surface area contributed by atoms with Gasteiger partial charge in [-0.25, -0.2) is 4.98 Å². The van der Waals surface area contributed by atoms with Crippen LogP contribution in [0.1, 0.15) is 52.0 Å². The van der Waals surface area contributed by atoms with Gasteiger partial charge >= 0.3 is 0 Å². The SMILES string of the molecule is CCC1CCCCN1c1ccc(CNCC(C)C)cn1. The van der Waals surface area contributed by atoms with E-state index < -0.39 is 0 Å². The average Bonchev–Trinajstić information content (AvgIpc) is 2.47. The Bertz CT molecular complexity index is 386. The second kappa shape index (κ2) is 7.63. The molecule has 1 aromatic heterocycles. The number of pyridine rings is 1. The Morgan fingerprint density at radius 2 is 2.20 bits per heavy atom. The maximum absolute atomic E-state index is 4.68. The summed E-state index contributed by atoms with van der Waals surface area (Å²) in [6.07, 6.45) is 7.24. The van der Waals surface area contributed by atoms with Crippen molar-refractivity contribution < 1.29 is 0 Å². The lowest BCUT2D eigenvalue weighted by Crippen LogP contribution is -2.39. The van der Waals surface area contributed by atoms with Gasteiger partial charge in [0.2, 0.25) is 0 Å². The normalized spacial score (nSPS) is 19.6. The molecule has 3 heteroatoms. The monoisotopic (exact) mass is 275 g/mol. The highest BCUT2D eigenvalue weighted by atomic mass is 15.2. The fourth-order valence-corrected chi connectivity index (χ4v) is 2.92. The minimum absolute atomic E-state index is 0.682. The van der Waals surface area contributed by atoms with Crippen LogP contribution in [-0.2, 0) is 6.54 Å². The number of aromatic nitrogens is 1. The molecule has 0 radical (unpaired) electrons. The summed E-state index contributed by atoms with van der Waals surface area (Å²) < 4.78 is 0. The van der Waals surface area contributed by atoms with Crippen LogP contribution >= 0.6 is 0 Å². The fraction of sp³-hybridized carbons (Fsp3) is 0.706. The summed E-state index contributed by atoms with van der Waals surface area (Å²) in [4.78, 5) is 7.18. The number of nitrogens with zero attached hydrogens (tertiary/aromatic N) is 2. The Kier molecular flexibility index (Phi) is 5.84. The predicted octanol–water partition coefficient (Wildman–Crippen LogP) is 3.60. The van der Waals surface area contributed by atoms with Crippen molar-refractivity contribution in [2.24, 2.45) is 5.92 Å². The van der Waals surface area contributed by atoms with E-state index in [0.717, 1.165) is 25.5 Å². The zero-order valence-corrected chi connectivity index (χ0v) is 13.2. The molecule has 1 aliphatic rings. The zero-order chi connectivity index (χ0) is 14.4. The quantitative estimate of drug-likeness (QED) is 0.860. The lowest BCUT2D eigenvalue weighted by Gasteiger charge is -2.36. The summed E-state index contributed by atoms with van der Waals surface area (Å²) in [5.74, 6) is 1.85. The van der Waals surface area contributed by atoms with Gasteiger partial charge in [0.1, 0.15) is 5.82 Å². The van der Waals surface area contributed by atoms with Crippen LogP contribution < -0.4 is 10.2 Å². The average molecular weight is 275 g/mol. The van der Waals surface area contributed by atoms with Gasteiger partial charge in [-0.3, -0.25) is 0 Å². The Labute approximate surface area is 123 Å². The van der Waals surface area contributed by atoms with Gasteiger partial charge in [-0.05, 0) is 49.8 Å². The molecular weight excluding hydrogens is 246 g/mol. The van der Waals surface area contributed by atoms with Crippen LogP contribution in [0.2, 0.25) is 0 Å². The van der Waals surface area contributed by atoms with E-state index >= 15 is 0 Å². The van der Waals surface area contributed by atoms with Crippen molar-refractivity contribution in [2.75, 3.05) is 18.0 Å². The molecule has 1 unspecified atom stereocenters. The van der Waals surface area contributed by atoms with E-state index in [-0.39, 0.29) is 0 Å². The first-order valence-electron chi connectivity index (χ1n) is 8.13. The number of piperidine rings is 1. The van der Waals surface area contributed by atoms with Gasteiger partial charge in [0.15, 0.2) is 0 Å². The molecule has 0 amide bonds. The molecule has 3 nitrogen and oxygen atoms in total. The van der Waals surface area contributed by atoms with E-state index in [0.29, 0.717) is 12.0 Å². The molecule has 1 saturated heterocycles. The van der Waals surface area contributed by atoms with Crippen molar-refractivity contribution in [1.82, 2.24) is 10.3 Å². The molecule has 2 heterocycles. The maximum Gasteiger partial charge on any atom is 0.128 e. The van der Waals surface area contributed by atoms with E-state index in [4.69, 9.17) is 0 Å². The van der Waals surface area contributed by atoms with Gasteiger partial charge in [0.05, 0.1) is 0 Å². The van der Waals surface area contributed by atoms with Gasteiger partial charge in [-0.2, -0.15) is 0 Å². The van der Waals surface area contributed by atoms with Crippen LogP contribution in [0.5, 0.6) is 0 Å². The summed E-state index contributed by atoms with van der Waals surface area (Å²) in [6, 6.07) is 5.10. The number of hydrogen-bond donors (Lipinski definition) is 1. The van der Waals surface area contributed by atoms with Gasteiger partial charge in [0, 0.05) is 25.3 Å². The third-order valence-electron chi connectivity index (χ3n) is 4.08. The first kappa shape index (κ1) is 15.3. The summed E-state index contributed by atoms with van der Waals surface area (Å²) in [5, 5.41) is 3.47. The van der Waals surface area contributed by atoms with Gasteiger partial charge in [-0.15, -0.1) is 0 Å². The van der Waals surface area contributed by atoms with E-state index in [1.165, 1.54) is 31.2 Å². The standard InChI is InChI=1S/C17H29N3/c1-4-16-7-5-6-10-20(16)17-9-8-15(13-19-17)12-18-11-14(2)3/h8-9,13-14,16,18H,4-7,10-12H2,1-3H3. The van der Waals surface area contributed by atoms with Crippen LogP contribution in [0, 0.1) is 5.92 Å². The Balaban J connectivity index is 1.93. The Morgan fingerprint density at radius 1 is 1.35 bits per heavy atom. The molecule has 1 fully saturated rings. The molecule has 0 aliphatic carbocycles. The summed E-state index contributed by atoms with van der Waals surface area (Å²) in [7, 11) is 0. The van der Waals surface area contributed by atoms with Crippen molar-refractivity contribution in [3.63, 3.8) is 0 Å². The van der Waals surface area contributed by atoms with Crippen LogP contribution in [0.4, 0.5) is 5.82 Å². The smallest absolute Gasteiger partial charge is 0.128 e. The molecule has 1 N–H and O–H groups in total. The van der Waals surface area contributed by atoms with Crippen LogP contribution in [0.25, 0.3) is 0 Å². The van der Waals surface area contributed by atoms with Crippen LogP contribution in [-0.4, -0.2) is 24.1 Å². The molecular formula is C17H29N3. The van der Waals surface area contributed by atoms with Gasteiger partial charge in [-0.1, -0.05) is 26.8 Å². The third-order valence-corrected chi connectivity index (χ3v) is 4.08. The largest absolute Gasteiger partial charge is 0.354 e. The Morgan fingerprint density at radius 3 is 2.85 bits per heavy atom. The van der Waals surface area contributed by atoms with Gasteiger partial charge < -0.3 is 10.2 Å². The minimum atomic E-state index is 0.682. The van der Waals surface area contributed by atoms with Crippen molar-refractivity contribution in [3.05, 3.63) is 23.9 Å². The van der Waals surface area contributed by atoms with Crippen molar-refractivity contribution in [2.45, 2.75) is 59.0 Å². The van der Waals surface area contributed by atoms with Crippen molar-refractivity contribution >= 4 is 5.82 Å². The molecule has 0 spiro atoms. The Hall–Kier alpha value is -1.09. The number of rotatable bonds is 6. The minimum Gasteiger partial charge on any atom is -0.354 e. The molecule has 0 bridgehead atoms. The molecule has 112 valence electrons. The van der Waals surface area contributed by atoms with E-state index in [1.54, 1.807) is 0 Å². The van der Waals surface area contributed by atoms with Crippen molar-refractivity contribution in [1.29, 1.82) is 0 Å². The first-order chi connectivity index (χ1) is 9.70.